The van der Waals surface area contributed by atoms with Gasteiger partial charge in [0.25, 0.3) is 5.91 Å². The third kappa shape index (κ3) is 6.66. The molecule has 0 radical (unpaired) electrons. The third-order valence-corrected chi connectivity index (χ3v) is 9.49. The molecule has 5 heterocycles. The summed E-state index contributed by atoms with van der Waals surface area (Å²) in [5, 5.41) is 22.5. The normalized spacial score (nSPS) is 16.3. The number of quaternary nitrogens is 1. The van der Waals surface area contributed by atoms with E-state index in [1.165, 1.54) is 0 Å². The van der Waals surface area contributed by atoms with E-state index in [-0.39, 0.29) is 51.0 Å². The van der Waals surface area contributed by atoms with Crippen LogP contribution < -0.4 is 5.32 Å². The SMILES string of the molecule is CN1Cc2ccc(C[N+](CCO)(CCO)CCOCCNC(=O)CCc3ccc4n3[B-](F)(F)[N+]3=C(c5ccc[nH]5)C=CC3=C4)cc2C1=O. The molecule has 3 aliphatic heterocycles. The number of halogens is 2. The van der Waals surface area contributed by atoms with Crippen LogP contribution in [0.2, 0.25) is 0 Å². The predicted octanol–water partition coefficient (Wildman–Crippen LogP) is 2.12. The van der Waals surface area contributed by atoms with Crippen molar-refractivity contribution in [3.63, 3.8) is 0 Å². The van der Waals surface area contributed by atoms with Crippen molar-refractivity contribution >= 4 is 30.6 Å². The van der Waals surface area contributed by atoms with E-state index in [4.69, 9.17) is 4.74 Å². The average Bonchev–Trinajstić information content (AvgIpc) is 3.86. The van der Waals surface area contributed by atoms with Crippen LogP contribution in [0.15, 0.2) is 66.5 Å². The molecule has 2 amide bonds. The maximum absolute atomic E-state index is 16.0. The maximum atomic E-state index is 16.0. The molecule has 2 aromatic heterocycles. The number of benzene rings is 1. The number of carbonyl (C=O) groups excluding carboxylic acids is 2. The number of H-pyrrole nitrogens is 1. The largest absolute Gasteiger partial charge is 0.737 e. The summed E-state index contributed by atoms with van der Waals surface area (Å²) < 4.78 is 40.3. The number of carbonyl (C=O) groups is 2. The Hall–Kier alpha value is -4.37. The van der Waals surface area contributed by atoms with Crippen LogP contribution in [0.5, 0.6) is 0 Å². The summed E-state index contributed by atoms with van der Waals surface area (Å²) in [6, 6.07) is 12.7. The fourth-order valence-corrected chi connectivity index (χ4v) is 7.04. The number of aryl methyl sites for hydroxylation is 1. The minimum absolute atomic E-state index is 0.0118. The molecule has 6 rings (SSSR count). The minimum atomic E-state index is -4.17. The van der Waals surface area contributed by atoms with Crippen molar-refractivity contribution in [1.82, 2.24) is 19.7 Å². The highest BCUT2D eigenvalue weighted by atomic mass is 19.2. The van der Waals surface area contributed by atoms with Crippen molar-refractivity contribution in [2.24, 2.45) is 0 Å². The first-order valence-electron chi connectivity index (χ1n) is 16.4. The van der Waals surface area contributed by atoms with Crippen LogP contribution >= 0.6 is 0 Å². The second-order valence-corrected chi connectivity index (χ2v) is 12.7. The number of rotatable bonds is 16. The van der Waals surface area contributed by atoms with Gasteiger partial charge in [0.05, 0.1) is 26.4 Å². The number of hydrogen-bond donors (Lipinski definition) is 4. The van der Waals surface area contributed by atoms with Crippen molar-refractivity contribution in [3.05, 3.63) is 100 Å². The van der Waals surface area contributed by atoms with E-state index in [2.05, 4.69) is 10.3 Å². The van der Waals surface area contributed by atoms with Gasteiger partial charge in [-0.25, -0.2) is 0 Å². The second-order valence-electron chi connectivity index (χ2n) is 12.7. The summed E-state index contributed by atoms with van der Waals surface area (Å²) >= 11 is 0. The number of aromatic nitrogens is 2. The van der Waals surface area contributed by atoms with Crippen molar-refractivity contribution < 1.29 is 42.1 Å². The summed E-state index contributed by atoms with van der Waals surface area (Å²) in [5.74, 6) is -0.275. The molecule has 0 fully saturated rings. The number of nitrogens with one attached hydrogen (secondary N) is 2. The molecule has 1 aromatic carbocycles. The average molecular weight is 664 g/mol. The Kier molecular flexibility index (Phi) is 9.79. The van der Waals surface area contributed by atoms with Gasteiger partial charge in [0.2, 0.25) is 5.91 Å². The number of amides is 2. The number of fused-ring (bicyclic) bond motifs is 3. The van der Waals surface area contributed by atoms with Crippen LogP contribution in [0.3, 0.4) is 0 Å². The second kappa shape index (κ2) is 14.0. The van der Waals surface area contributed by atoms with Gasteiger partial charge in [0.15, 0.2) is 11.4 Å². The zero-order valence-corrected chi connectivity index (χ0v) is 27.1. The molecule has 48 heavy (non-hydrogen) atoms. The van der Waals surface area contributed by atoms with E-state index in [1.807, 2.05) is 18.2 Å². The lowest BCUT2D eigenvalue weighted by Gasteiger charge is -2.38. The van der Waals surface area contributed by atoms with Crippen LogP contribution in [-0.2, 0) is 29.0 Å². The molecule has 0 spiro atoms. The lowest BCUT2D eigenvalue weighted by Crippen LogP contribution is -2.52. The van der Waals surface area contributed by atoms with Gasteiger partial charge in [0.1, 0.15) is 31.9 Å². The number of nitrogens with zero attached hydrogens (tertiary/aromatic N) is 4. The number of aliphatic hydroxyl groups excluding tert-OH is 2. The molecule has 0 atom stereocenters. The minimum Gasteiger partial charge on any atom is -0.394 e. The zero-order chi connectivity index (χ0) is 33.9. The Bertz CT molecular complexity index is 1760. The van der Waals surface area contributed by atoms with E-state index >= 15 is 8.63 Å². The molecule has 3 aliphatic rings. The molecule has 4 N–H and O–H groups in total. The lowest BCUT2D eigenvalue weighted by atomic mass is 9.90. The summed E-state index contributed by atoms with van der Waals surface area (Å²) in [6.07, 6.45) is 7.00. The number of hydrogen-bond acceptors (Lipinski definition) is 5. The van der Waals surface area contributed by atoms with Crippen LogP contribution in [0, 0.1) is 0 Å². The fraction of sp³-hybridized carbons (Fsp3) is 0.382. The van der Waals surface area contributed by atoms with E-state index < -0.39 is 6.97 Å². The highest BCUT2D eigenvalue weighted by Crippen LogP contribution is 2.33. The zero-order valence-electron chi connectivity index (χ0n) is 27.1. The van der Waals surface area contributed by atoms with Crippen LogP contribution in [0.25, 0.3) is 6.08 Å². The quantitative estimate of drug-likeness (QED) is 0.106. The van der Waals surface area contributed by atoms with Crippen molar-refractivity contribution in [2.75, 3.05) is 59.7 Å². The molecule has 0 saturated carbocycles. The number of ether oxygens (including phenoxy) is 1. The van der Waals surface area contributed by atoms with Crippen LogP contribution in [0.4, 0.5) is 8.63 Å². The Labute approximate surface area is 278 Å². The van der Waals surface area contributed by atoms with Gasteiger partial charge in [-0.15, -0.1) is 0 Å². The van der Waals surface area contributed by atoms with Gasteiger partial charge in [-0.1, -0.05) is 12.1 Å². The van der Waals surface area contributed by atoms with Gasteiger partial charge >= 0.3 is 6.97 Å². The molecular weight excluding hydrogens is 621 g/mol. The Balaban J connectivity index is 0.990. The van der Waals surface area contributed by atoms with E-state index in [0.717, 1.165) is 20.1 Å². The molecule has 0 aliphatic carbocycles. The first kappa shape index (κ1) is 33.5. The standard InChI is InChI=1S/C34H41BF2N6O5/c1-40-23-26-5-4-25(21-30(26)34(40)47)24-43(14-17-44,15-18-45)16-20-48-19-13-39-33(46)11-9-27-6-7-28-22-29-8-10-32(31-3-2-12-38-31)42(29)35(36,37)41(27)28/h2-8,10,12,21-22,38,44-45H,9,11,13-20,23-24H2,1H3/p+1. The van der Waals surface area contributed by atoms with Crippen LogP contribution in [-0.4, -0.2) is 118 Å². The number of aromatic amines is 1. The van der Waals surface area contributed by atoms with E-state index in [1.54, 1.807) is 60.6 Å². The maximum Gasteiger partial charge on any atom is 0.737 e. The van der Waals surface area contributed by atoms with Gasteiger partial charge < -0.3 is 52.2 Å². The fourth-order valence-electron chi connectivity index (χ4n) is 7.04. The van der Waals surface area contributed by atoms with E-state index in [0.29, 0.717) is 77.9 Å². The highest BCUT2D eigenvalue weighted by Gasteiger charge is 2.52. The van der Waals surface area contributed by atoms with Gasteiger partial charge in [-0.05, 0) is 48.0 Å². The van der Waals surface area contributed by atoms with Crippen molar-refractivity contribution in [1.29, 1.82) is 0 Å². The van der Waals surface area contributed by atoms with Crippen molar-refractivity contribution in [2.45, 2.75) is 25.9 Å². The Morgan fingerprint density at radius 2 is 1.92 bits per heavy atom. The molecule has 0 unspecified atom stereocenters. The summed E-state index contributed by atoms with van der Waals surface area (Å²) in [4.78, 5) is 29.9. The lowest BCUT2D eigenvalue weighted by molar-refractivity contribution is -0.941. The molecule has 11 nitrogen and oxygen atoms in total. The summed E-state index contributed by atoms with van der Waals surface area (Å²) in [5.41, 5.74) is 4.84. The van der Waals surface area contributed by atoms with Gasteiger partial charge in [0, 0.05) is 67.8 Å². The molecule has 0 bridgehead atoms. The van der Waals surface area contributed by atoms with E-state index in [9.17, 15) is 19.8 Å². The predicted molar refractivity (Wildman–Crippen MR) is 177 cm³/mol. The molecule has 0 saturated heterocycles. The first-order valence-corrected chi connectivity index (χ1v) is 16.4. The number of aliphatic hydroxyl groups is 2. The Morgan fingerprint density at radius 3 is 2.67 bits per heavy atom. The monoisotopic (exact) mass is 663 g/mol. The smallest absolute Gasteiger partial charge is 0.394 e. The molecule has 14 heteroatoms. The first-order chi connectivity index (χ1) is 23.2. The molecule has 3 aromatic rings. The van der Waals surface area contributed by atoms with Gasteiger partial charge in [-0.3, -0.25) is 9.59 Å². The third-order valence-electron chi connectivity index (χ3n) is 9.49. The summed E-state index contributed by atoms with van der Waals surface area (Å²) in [7, 11) is 1.77. The topological polar surface area (TPSA) is 123 Å². The van der Waals surface area contributed by atoms with Crippen LogP contribution in [0.1, 0.15) is 45.0 Å². The van der Waals surface area contributed by atoms with Gasteiger partial charge in [-0.2, -0.15) is 0 Å². The number of allylic oxidation sites excluding steroid dienone is 2. The highest BCUT2D eigenvalue weighted by molar-refractivity contribution is 6.58. The molecule has 254 valence electrons. The molecular formula is C34H42BF2N6O5+. The Morgan fingerprint density at radius 1 is 1.10 bits per heavy atom. The van der Waals surface area contributed by atoms with Crippen molar-refractivity contribution in [3.8, 4) is 0 Å². The summed E-state index contributed by atoms with van der Waals surface area (Å²) in [6.45, 7) is -1.04.